The molecule has 7 nitrogen and oxygen atoms in total. The predicted molar refractivity (Wildman–Crippen MR) is 102 cm³/mol. The average Bonchev–Trinajstić information content (AvgIpc) is 3.32. The van der Waals surface area contributed by atoms with E-state index in [1.807, 2.05) is 22.9 Å². The van der Waals surface area contributed by atoms with E-state index in [4.69, 9.17) is 0 Å². The maximum Gasteiger partial charge on any atom is 0.262 e. The second kappa shape index (κ2) is 7.14. The van der Waals surface area contributed by atoms with Gasteiger partial charge in [-0.3, -0.25) is 19.1 Å². The molecule has 0 atom stereocenters. The quantitative estimate of drug-likeness (QED) is 0.572. The van der Waals surface area contributed by atoms with Crippen LogP contribution in [0.5, 0.6) is 0 Å². The summed E-state index contributed by atoms with van der Waals surface area (Å²) in [5, 5.41) is 7.57. The lowest BCUT2D eigenvalue weighted by atomic mass is 10.2. The van der Waals surface area contributed by atoms with Crippen LogP contribution in [-0.2, 0) is 11.3 Å². The molecule has 130 valence electrons. The SMILES string of the molecule is O=C(CCn1cnc2sccc2c1=O)Nc1nc(-c2cccnc2)cs1. The van der Waals surface area contributed by atoms with E-state index in [0.29, 0.717) is 15.3 Å². The fraction of sp³-hybridized carbons (Fsp3) is 0.118. The largest absolute Gasteiger partial charge is 0.302 e. The summed E-state index contributed by atoms with van der Waals surface area (Å²) in [7, 11) is 0. The minimum absolute atomic E-state index is 0.128. The monoisotopic (exact) mass is 383 g/mol. The number of fused-ring (bicyclic) bond motifs is 1. The van der Waals surface area contributed by atoms with Gasteiger partial charge in [0.05, 0.1) is 17.4 Å². The number of amides is 1. The minimum atomic E-state index is -0.200. The van der Waals surface area contributed by atoms with Gasteiger partial charge in [-0.05, 0) is 23.6 Å². The Balaban J connectivity index is 1.40. The van der Waals surface area contributed by atoms with Crippen molar-refractivity contribution in [2.45, 2.75) is 13.0 Å². The first-order valence-electron chi connectivity index (χ1n) is 7.79. The number of hydrogen-bond donors (Lipinski definition) is 1. The number of aryl methyl sites for hydroxylation is 1. The fourth-order valence-electron chi connectivity index (χ4n) is 2.43. The molecule has 0 aliphatic carbocycles. The van der Waals surface area contributed by atoms with Crippen LogP contribution in [0, 0.1) is 0 Å². The highest BCUT2D eigenvalue weighted by Crippen LogP contribution is 2.24. The van der Waals surface area contributed by atoms with Gasteiger partial charge in [-0.2, -0.15) is 0 Å². The highest BCUT2D eigenvalue weighted by molar-refractivity contribution is 7.16. The maximum atomic E-state index is 12.3. The second-order valence-corrected chi connectivity index (χ2v) is 7.21. The summed E-state index contributed by atoms with van der Waals surface area (Å²) >= 11 is 2.77. The van der Waals surface area contributed by atoms with Gasteiger partial charge in [-0.25, -0.2) is 9.97 Å². The van der Waals surface area contributed by atoms with Gasteiger partial charge in [0, 0.05) is 36.3 Å². The zero-order valence-corrected chi connectivity index (χ0v) is 15.1. The first kappa shape index (κ1) is 16.6. The molecular formula is C17H13N5O2S2. The van der Waals surface area contributed by atoms with E-state index < -0.39 is 0 Å². The maximum absolute atomic E-state index is 12.3. The van der Waals surface area contributed by atoms with E-state index >= 15 is 0 Å². The molecular weight excluding hydrogens is 370 g/mol. The Morgan fingerprint density at radius 2 is 2.19 bits per heavy atom. The first-order valence-corrected chi connectivity index (χ1v) is 9.55. The molecule has 4 aromatic heterocycles. The molecule has 26 heavy (non-hydrogen) atoms. The Kier molecular flexibility index (Phi) is 4.55. The number of anilines is 1. The molecule has 0 saturated carbocycles. The van der Waals surface area contributed by atoms with Crippen LogP contribution in [0.15, 0.2) is 52.5 Å². The summed E-state index contributed by atoms with van der Waals surface area (Å²) in [6, 6.07) is 5.50. The van der Waals surface area contributed by atoms with Gasteiger partial charge in [0.2, 0.25) is 5.91 Å². The van der Waals surface area contributed by atoms with Crippen molar-refractivity contribution in [2.75, 3.05) is 5.32 Å². The van der Waals surface area contributed by atoms with Crippen molar-refractivity contribution in [3.63, 3.8) is 0 Å². The third-order valence-corrected chi connectivity index (χ3v) is 5.32. The van der Waals surface area contributed by atoms with E-state index in [1.165, 1.54) is 33.6 Å². The Bertz CT molecular complexity index is 1120. The molecule has 0 fully saturated rings. The Hall–Kier alpha value is -2.91. The molecule has 0 radical (unpaired) electrons. The van der Waals surface area contributed by atoms with E-state index in [1.54, 1.807) is 18.5 Å². The minimum Gasteiger partial charge on any atom is -0.302 e. The van der Waals surface area contributed by atoms with Crippen LogP contribution in [0.25, 0.3) is 21.5 Å². The predicted octanol–water partition coefficient (Wildman–Crippen LogP) is 3.01. The van der Waals surface area contributed by atoms with Crippen molar-refractivity contribution in [3.05, 3.63) is 58.0 Å². The van der Waals surface area contributed by atoms with Crippen molar-refractivity contribution in [1.82, 2.24) is 19.5 Å². The van der Waals surface area contributed by atoms with Crippen LogP contribution >= 0.6 is 22.7 Å². The molecule has 9 heteroatoms. The van der Waals surface area contributed by atoms with Crippen LogP contribution in [0.1, 0.15) is 6.42 Å². The van der Waals surface area contributed by atoms with Crippen LogP contribution in [0.4, 0.5) is 5.13 Å². The van der Waals surface area contributed by atoms with Gasteiger partial charge in [-0.1, -0.05) is 0 Å². The fourth-order valence-corrected chi connectivity index (χ4v) is 3.89. The Morgan fingerprint density at radius 1 is 1.27 bits per heavy atom. The summed E-state index contributed by atoms with van der Waals surface area (Å²) in [5.74, 6) is -0.200. The van der Waals surface area contributed by atoms with E-state index in [0.717, 1.165) is 11.3 Å². The van der Waals surface area contributed by atoms with Gasteiger partial charge in [-0.15, -0.1) is 22.7 Å². The van der Waals surface area contributed by atoms with Crippen molar-refractivity contribution in [3.8, 4) is 11.3 Å². The zero-order chi connectivity index (χ0) is 17.9. The molecule has 1 amide bonds. The van der Waals surface area contributed by atoms with Gasteiger partial charge in [0.25, 0.3) is 5.56 Å². The van der Waals surface area contributed by atoms with Crippen molar-refractivity contribution >= 4 is 43.9 Å². The molecule has 4 heterocycles. The Labute approximate surface area is 156 Å². The third kappa shape index (κ3) is 3.39. The zero-order valence-electron chi connectivity index (χ0n) is 13.5. The van der Waals surface area contributed by atoms with Gasteiger partial charge < -0.3 is 5.32 Å². The first-order chi connectivity index (χ1) is 12.7. The normalized spacial score (nSPS) is 10.9. The molecule has 0 aromatic carbocycles. The molecule has 0 aliphatic rings. The standard InChI is InChI=1S/C17H13N5O2S2/c23-14(3-6-22-10-19-15-12(16(22)24)4-7-25-15)21-17-20-13(9-26-17)11-2-1-5-18-8-11/h1-2,4-5,7-10H,3,6H2,(H,20,21,23). The van der Waals surface area contributed by atoms with Crippen molar-refractivity contribution in [1.29, 1.82) is 0 Å². The number of nitrogens with zero attached hydrogens (tertiary/aromatic N) is 4. The number of carbonyl (C=O) groups excluding carboxylic acids is 1. The third-order valence-electron chi connectivity index (χ3n) is 3.74. The Morgan fingerprint density at radius 3 is 3.04 bits per heavy atom. The lowest BCUT2D eigenvalue weighted by Crippen LogP contribution is -2.23. The number of carbonyl (C=O) groups is 1. The average molecular weight is 383 g/mol. The summed E-state index contributed by atoms with van der Waals surface area (Å²) in [6.45, 7) is 0.268. The number of aromatic nitrogens is 4. The van der Waals surface area contributed by atoms with Gasteiger partial charge in [0.15, 0.2) is 5.13 Å². The van der Waals surface area contributed by atoms with E-state index in [2.05, 4.69) is 20.3 Å². The van der Waals surface area contributed by atoms with Crippen LogP contribution in [0.3, 0.4) is 0 Å². The highest BCUT2D eigenvalue weighted by atomic mass is 32.1. The van der Waals surface area contributed by atoms with Crippen LogP contribution in [0.2, 0.25) is 0 Å². The van der Waals surface area contributed by atoms with Gasteiger partial charge >= 0.3 is 0 Å². The van der Waals surface area contributed by atoms with Gasteiger partial charge in [0.1, 0.15) is 4.83 Å². The molecule has 4 rings (SSSR count). The molecule has 4 aromatic rings. The smallest absolute Gasteiger partial charge is 0.262 e. The molecule has 0 unspecified atom stereocenters. The second-order valence-electron chi connectivity index (χ2n) is 5.46. The van der Waals surface area contributed by atoms with E-state index in [-0.39, 0.29) is 24.4 Å². The topological polar surface area (TPSA) is 89.8 Å². The summed E-state index contributed by atoms with van der Waals surface area (Å²) in [6.07, 6.45) is 5.07. The number of pyridine rings is 1. The summed E-state index contributed by atoms with van der Waals surface area (Å²) in [4.78, 5) is 37.9. The summed E-state index contributed by atoms with van der Waals surface area (Å²) < 4.78 is 1.46. The highest BCUT2D eigenvalue weighted by Gasteiger charge is 2.10. The summed E-state index contributed by atoms with van der Waals surface area (Å²) in [5.41, 5.74) is 1.53. The molecule has 0 spiro atoms. The molecule has 0 aliphatic heterocycles. The van der Waals surface area contributed by atoms with Crippen molar-refractivity contribution < 1.29 is 4.79 Å². The van der Waals surface area contributed by atoms with E-state index in [9.17, 15) is 9.59 Å². The van der Waals surface area contributed by atoms with Crippen LogP contribution < -0.4 is 10.9 Å². The van der Waals surface area contributed by atoms with Crippen LogP contribution in [-0.4, -0.2) is 25.4 Å². The number of thiophene rings is 1. The molecule has 0 bridgehead atoms. The molecule has 0 saturated heterocycles. The lowest BCUT2D eigenvalue weighted by molar-refractivity contribution is -0.116. The van der Waals surface area contributed by atoms with Crippen molar-refractivity contribution in [2.24, 2.45) is 0 Å². The number of nitrogens with one attached hydrogen (secondary N) is 1. The number of rotatable bonds is 5. The number of hydrogen-bond acceptors (Lipinski definition) is 7. The molecule has 1 N–H and O–H groups in total. The number of thiazole rings is 1. The lowest BCUT2D eigenvalue weighted by Gasteiger charge is -2.05.